The van der Waals surface area contributed by atoms with E-state index in [1.54, 1.807) is 0 Å². The molecule has 3 rings (SSSR count). The summed E-state index contributed by atoms with van der Waals surface area (Å²) in [6, 6.07) is 13.7. The molecule has 8 nitrogen and oxygen atoms in total. The normalized spacial score (nSPS) is 13.9. The summed E-state index contributed by atoms with van der Waals surface area (Å²) in [6.07, 6.45) is -0.875. The minimum atomic E-state index is -1.25. The van der Waals surface area contributed by atoms with E-state index in [1.807, 2.05) is 62.4 Å². The molecule has 35 heavy (non-hydrogen) atoms. The Morgan fingerprint density at radius 2 is 1.49 bits per heavy atom. The van der Waals surface area contributed by atoms with E-state index in [2.05, 4.69) is 23.3 Å². The van der Waals surface area contributed by atoms with Gasteiger partial charge in [0.05, 0.1) is 7.11 Å². The number of nitrogens with one attached hydrogen (secondary N) is 2. The largest absolute Gasteiger partial charge is 0.467 e. The Morgan fingerprint density at radius 1 is 0.914 bits per heavy atom. The standard InChI is InChI=1S/C26H30N2O6S/c1-15(2)12-22(25(31)33-3)27-24(30)21(13-23(29)35)28-26(32)34-14-20-18-10-6-4-8-16(18)17-9-5-7-11-19(17)20/h4-11,15,20-22H,12-14H2,1-3H3,(H,27,30)(H,28,32)(H,29,35)/t21-,22-/m0/s1. The minimum absolute atomic E-state index is 0.0567. The van der Waals surface area contributed by atoms with Gasteiger partial charge in [0.25, 0.3) is 0 Å². The second-order valence-corrected chi connectivity index (χ2v) is 9.33. The molecular formula is C26H30N2O6S. The first-order valence-corrected chi connectivity index (χ1v) is 11.9. The van der Waals surface area contributed by atoms with Crippen LogP contribution in [0.2, 0.25) is 0 Å². The van der Waals surface area contributed by atoms with Crippen molar-refractivity contribution in [3.05, 3.63) is 59.7 Å². The van der Waals surface area contributed by atoms with Gasteiger partial charge in [0.15, 0.2) is 5.12 Å². The molecule has 0 heterocycles. The van der Waals surface area contributed by atoms with Crippen molar-refractivity contribution >= 4 is 35.7 Å². The van der Waals surface area contributed by atoms with E-state index >= 15 is 0 Å². The molecule has 0 fully saturated rings. The number of carbonyl (C=O) groups excluding carboxylic acids is 4. The summed E-state index contributed by atoms with van der Waals surface area (Å²) in [5.74, 6) is -1.36. The van der Waals surface area contributed by atoms with Gasteiger partial charge < -0.3 is 20.1 Å². The van der Waals surface area contributed by atoms with E-state index in [9.17, 15) is 19.2 Å². The molecule has 9 heteroatoms. The summed E-state index contributed by atoms with van der Waals surface area (Å²) in [6.45, 7) is 3.85. The second-order valence-electron chi connectivity index (χ2n) is 8.83. The van der Waals surface area contributed by atoms with Gasteiger partial charge in [0.1, 0.15) is 18.7 Å². The molecule has 2 N–H and O–H groups in total. The maximum Gasteiger partial charge on any atom is 0.407 e. The van der Waals surface area contributed by atoms with Crippen LogP contribution in [0.5, 0.6) is 0 Å². The molecule has 0 spiro atoms. The zero-order valence-corrected chi connectivity index (χ0v) is 20.8. The van der Waals surface area contributed by atoms with Crippen molar-refractivity contribution in [2.75, 3.05) is 13.7 Å². The van der Waals surface area contributed by atoms with Gasteiger partial charge in [-0.3, -0.25) is 9.59 Å². The maximum atomic E-state index is 12.8. The summed E-state index contributed by atoms with van der Waals surface area (Å²) in [7, 11) is 1.23. The number of amides is 2. The first-order valence-electron chi connectivity index (χ1n) is 11.4. The zero-order chi connectivity index (χ0) is 25.5. The predicted octanol–water partition coefficient (Wildman–Crippen LogP) is 3.44. The SMILES string of the molecule is COC(=O)[C@H](CC(C)C)NC(=O)[C@H](CC(=O)S)NC(=O)OCC1c2ccccc2-c2ccccc21. The van der Waals surface area contributed by atoms with Gasteiger partial charge in [-0.15, -0.1) is 12.6 Å². The van der Waals surface area contributed by atoms with Crippen LogP contribution in [0.4, 0.5) is 4.79 Å². The van der Waals surface area contributed by atoms with E-state index in [4.69, 9.17) is 9.47 Å². The molecular weight excluding hydrogens is 468 g/mol. The van der Waals surface area contributed by atoms with Gasteiger partial charge >= 0.3 is 12.1 Å². The molecule has 0 aliphatic heterocycles. The number of hydrogen-bond donors (Lipinski definition) is 3. The summed E-state index contributed by atoms with van der Waals surface area (Å²) in [5.41, 5.74) is 4.29. The van der Waals surface area contributed by atoms with Crippen LogP contribution in [0.15, 0.2) is 48.5 Å². The van der Waals surface area contributed by atoms with Crippen LogP contribution < -0.4 is 10.6 Å². The lowest BCUT2D eigenvalue weighted by Crippen LogP contribution is -2.52. The van der Waals surface area contributed by atoms with Crippen LogP contribution in [0.3, 0.4) is 0 Å². The number of ether oxygens (including phenoxy) is 2. The van der Waals surface area contributed by atoms with Crippen molar-refractivity contribution in [3.63, 3.8) is 0 Å². The number of fused-ring (bicyclic) bond motifs is 3. The molecule has 0 unspecified atom stereocenters. The van der Waals surface area contributed by atoms with Crippen LogP contribution >= 0.6 is 12.6 Å². The Hall–Kier alpha value is -3.33. The van der Waals surface area contributed by atoms with Crippen molar-refractivity contribution in [2.45, 2.75) is 44.7 Å². The summed E-state index contributed by atoms with van der Waals surface area (Å²) in [4.78, 5) is 49.2. The molecule has 0 aromatic heterocycles. The van der Waals surface area contributed by atoms with E-state index in [0.717, 1.165) is 22.3 Å². The van der Waals surface area contributed by atoms with Gasteiger partial charge in [-0.2, -0.15) is 0 Å². The average molecular weight is 499 g/mol. The highest BCUT2D eigenvalue weighted by Crippen LogP contribution is 2.44. The number of thiol groups is 1. The Kier molecular flexibility index (Phi) is 8.92. The summed E-state index contributed by atoms with van der Waals surface area (Å²) < 4.78 is 10.2. The van der Waals surface area contributed by atoms with Crippen LogP contribution in [0.25, 0.3) is 11.1 Å². The van der Waals surface area contributed by atoms with E-state index in [0.29, 0.717) is 6.42 Å². The fourth-order valence-electron chi connectivity index (χ4n) is 4.27. The molecule has 0 saturated heterocycles. The highest BCUT2D eigenvalue weighted by molar-refractivity contribution is 7.96. The lowest BCUT2D eigenvalue weighted by Gasteiger charge is -2.23. The van der Waals surface area contributed by atoms with Crippen molar-refractivity contribution < 1.29 is 28.7 Å². The van der Waals surface area contributed by atoms with Gasteiger partial charge in [0, 0.05) is 12.3 Å². The molecule has 0 saturated carbocycles. The fourth-order valence-corrected chi connectivity index (χ4v) is 4.45. The molecule has 1 aliphatic rings. The van der Waals surface area contributed by atoms with Crippen molar-refractivity contribution in [3.8, 4) is 11.1 Å². The molecule has 2 aromatic rings. The van der Waals surface area contributed by atoms with E-state index in [1.165, 1.54) is 7.11 Å². The first kappa shape index (κ1) is 26.3. The first-order chi connectivity index (χ1) is 16.7. The third-order valence-electron chi connectivity index (χ3n) is 5.84. The molecule has 186 valence electrons. The summed E-state index contributed by atoms with van der Waals surface area (Å²) in [5, 5.41) is 4.41. The number of benzene rings is 2. The quantitative estimate of drug-likeness (QED) is 0.342. The van der Waals surface area contributed by atoms with Gasteiger partial charge in [0.2, 0.25) is 5.91 Å². The van der Waals surface area contributed by atoms with Crippen LogP contribution in [-0.4, -0.2) is 48.9 Å². The van der Waals surface area contributed by atoms with E-state index < -0.39 is 35.2 Å². The average Bonchev–Trinajstić information content (AvgIpc) is 3.14. The predicted molar refractivity (Wildman–Crippen MR) is 134 cm³/mol. The highest BCUT2D eigenvalue weighted by Gasteiger charge is 2.31. The van der Waals surface area contributed by atoms with Crippen molar-refractivity contribution in [1.29, 1.82) is 0 Å². The third-order valence-corrected chi connectivity index (χ3v) is 6.02. The van der Waals surface area contributed by atoms with Crippen LogP contribution in [0.1, 0.15) is 43.7 Å². The maximum absolute atomic E-state index is 12.8. The number of hydrogen-bond acceptors (Lipinski definition) is 6. The highest BCUT2D eigenvalue weighted by atomic mass is 32.1. The van der Waals surface area contributed by atoms with Crippen molar-refractivity contribution in [1.82, 2.24) is 10.6 Å². The molecule has 2 aromatic carbocycles. The molecule has 0 radical (unpaired) electrons. The van der Waals surface area contributed by atoms with Crippen LogP contribution in [0, 0.1) is 5.92 Å². The number of alkyl carbamates (subject to hydrolysis) is 1. The lowest BCUT2D eigenvalue weighted by molar-refractivity contribution is -0.145. The second kappa shape index (κ2) is 11.9. The summed E-state index contributed by atoms with van der Waals surface area (Å²) >= 11 is 3.74. The number of methoxy groups -OCH3 is 1. The number of carbonyl (C=O) groups is 4. The zero-order valence-electron chi connectivity index (χ0n) is 19.9. The van der Waals surface area contributed by atoms with E-state index in [-0.39, 0.29) is 24.9 Å². The number of esters is 1. The van der Waals surface area contributed by atoms with Crippen molar-refractivity contribution in [2.24, 2.45) is 5.92 Å². The van der Waals surface area contributed by atoms with Gasteiger partial charge in [-0.25, -0.2) is 9.59 Å². The van der Waals surface area contributed by atoms with Gasteiger partial charge in [-0.1, -0.05) is 62.4 Å². The molecule has 2 amide bonds. The Labute approximate surface area is 210 Å². The fraction of sp³-hybridized carbons (Fsp3) is 0.385. The Balaban J connectivity index is 1.67. The molecule has 0 bridgehead atoms. The lowest BCUT2D eigenvalue weighted by atomic mass is 9.98. The Morgan fingerprint density at radius 3 is 2.00 bits per heavy atom. The topological polar surface area (TPSA) is 111 Å². The van der Waals surface area contributed by atoms with Crippen LogP contribution in [-0.2, 0) is 23.9 Å². The number of rotatable bonds is 10. The molecule has 1 aliphatic carbocycles. The molecule has 2 atom stereocenters. The third kappa shape index (κ3) is 6.63. The minimum Gasteiger partial charge on any atom is -0.467 e. The smallest absolute Gasteiger partial charge is 0.407 e. The van der Waals surface area contributed by atoms with Gasteiger partial charge in [-0.05, 0) is 34.6 Å². The monoisotopic (exact) mass is 498 g/mol. The Bertz CT molecular complexity index is 1060.